The number of quaternary nitrogens is 1. The van der Waals surface area contributed by atoms with Gasteiger partial charge < -0.3 is 0 Å². The van der Waals surface area contributed by atoms with Gasteiger partial charge in [0, 0.05) is 24.1 Å². The number of aromatic hydroxyl groups is 1. The zero-order chi connectivity index (χ0) is 29.9. The maximum Gasteiger partial charge on any atom is 0.193 e. The molecule has 0 spiro atoms. The molecule has 1 fully saturated rings. The first-order chi connectivity index (χ1) is 18.5. The van der Waals surface area contributed by atoms with Gasteiger partial charge in [0.2, 0.25) is 0 Å². The zero-order valence-corrected chi connectivity index (χ0v) is 29.0. The third-order valence-corrected chi connectivity index (χ3v) is 9.14. The smallest absolute Gasteiger partial charge is 0.193 e. The summed E-state index contributed by atoms with van der Waals surface area (Å²) in [7, 11) is 18.4. The van der Waals surface area contributed by atoms with E-state index in [9.17, 15) is 0 Å². The van der Waals surface area contributed by atoms with Crippen LogP contribution in [0.3, 0.4) is 0 Å². The number of halogens is 2. The summed E-state index contributed by atoms with van der Waals surface area (Å²) in [6.07, 6.45) is 1.40. The van der Waals surface area contributed by atoms with Gasteiger partial charge in [-0.05, 0) is 45.7 Å². The fourth-order valence-corrected chi connectivity index (χ4v) is 7.42. The van der Waals surface area contributed by atoms with Crippen molar-refractivity contribution in [1.29, 1.82) is 0 Å². The molecule has 0 aromatic heterocycles. The van der Waals surface area contributed by atoms with Gasteiger partial charge in [-0.25, -0.2) is 4.90 Å². The van der Waals surface area contributed by atoms with Crippen LogP contribution in [0.15, 0.2) is 66.7 Å². The van der Waals surface area contributed by atoms with Gasteiger partial charge in [0.15, 0.2) is 12.0 Å². The quantitative estimate of drug-likeness (QED) is 0.111. The Bertz CT molecular complexity index is 1300. The number of ether oxygens (including phenoxy) is 1. The molecule has 0 aliphatic carbocycles. The van der Waals surface area contributed by atoms with Crippen molar-refractivity contribution in [3.63, 3.8) is 0 Å². The van der Waals surface area contributed by atoms with Gasteiger partial charge in [0.25, 0.3) is 0 Å². The fourth-order valence-electron chi connectivity index (χ4n) is 5.60. The molecule has 0 radical (unpaired) electrons. The molecule has 1 saturated heterocycles. The van der Waals surface area contributed by atoms with E-state index in [1.165, 1.54) is 28.1 Å². The normalized spacial score (nSPS) is 18.5. The summed E-state index contributed by atoms with van der Waals surface area (Å²) in [5.74, 6) is 0.975. The Kier molecular flexibility index (Phi) is 10.6. The van der Waals surface area contributed by atoms with Gasteiger partial charge in [-0.1, -0.05) is 30.3 Å². The van der Waals surface area contributed by atoms with Crippen LogP contribution in [-0.2, 0) is 18.9 Å². The molecule has 1 N–H and O–H groups in total. The summed E-state index contributed by atoms with van der Waals surface area (Å²) in [4.78, 5) is 2.53. The van der Waals surface area contributed by atoms with Crippen molar-refractivity contribution < 1.29 is 18.3 Å². The monoisotopic (exact) mass is 671 g/mol. The summed E-state index contributed by atoms with van der Waals surface area (Å²) < 4.78 is 7.26. The molecule has 0 bridgehead atoms. The summed E-state index contributed by atoms with van der Waals surface area (Å²) in [6.45, 7) is 18.2. The Balaban J connectivity index is 0.000000267. The van der Waals surface area contributed by atoms with E-state index in [2.05, 4.69) is 114 Å². The number of benzene rings is 3. The second-order valence-electron chi connectivity index (χ2n) is 12.8. The fraction of sp³-hybridized carbons (Fsp3) is 0.412. The molecule has 1 atom stereocenters. The topological polar surface area (TPSA) is 16.0 Å². The van der Waals surface area contributed by atoms with Gasteiger partial charge in [0.1, 0.15) is 5.69 Å². The molecule has 3 nitrogen and oxygen atoms in total. The molecule has 3 aromatic carbocycles. The van der Waals surface area contributed by atoms with Crippen LogP contribution in [0.2, 0.25) is 0 Å². The second-order valence-corrected chi connectivity index (χ2v) is 18.5. The Labute approximate surface area is 256 Å². The molecule has 6 heteroatoms. The number of para-hydroxylation sites is 1. The van der Waals surface area contributed by atoms with Gasteiger partial charge >= 0.3 is 97.8 Å². The third-order valence-electron chi connectivity index (χ3n) is 7.31. The van der Waals surface area contributed by atoms with Crippen LogP contribution in [0, 0.1) is 20.4 Å². The average molecular weight is 672 g/mol. The SMILES string of the molecule is CC(C)[OH+]c1ccccc1[CH]=[Ru]([Cl])[Cl].Cc1cc([N+](C)(C)C)cc(C)c1N1[CH+]C(C)(c2ccccc2)CC1(C)C. The van der Waals surface area contributed by atoms with Gasteiger partial charge in [0.05, 0.1) is 32.4 Å². The number of hydrogen-bond donors (Lipinski definition) is 0. The summed E-state index contributed by atoms with van der Waals surface area (Å²) >= 11 is -1.75. The van der Waals surface area contributed by atoms with Crippen molar-refractivity contribution in [3.05, 3.63) is 95.5 Å². The van der Waals surface area contributed by atoms with Crippen LogP contribution in [0.4, 0.5) is 11.4 Å². The Morgan fingerprint density at radius 3 is 2.00 bits per heavy atom. The summed E-state index contributed by atoms with van der Waals surface area (Å²) in [5.41, 5.74) is 8.02. The predicted molar refractivity (Wildman–Crippen MR) is 175 cm³/mol. The van der Waals surface area contributed by atoms with Crippen molar-refractivity contribution in [1.82, 2.24) is 4.48 Å². The molecular formula is C34H47Cl2N2ORu+3. The molecule has 1 aliphatic rings. The first-order valence-corrected chi connectivity index (χ1v) is 19.3. The van der Waals surface area contributed by atoms with Gasteiger partial charge in [-0.15, -0.1) is 0 Å². The minimum atomic E-state index is -1.75. The molecular weight excluding hydrogens is 624 g/mol. The van der Waals surface area contributed by atoms with Crippen LogP contribution in [-0.4, -0.2) is 42.1 Å². The molecule has 4 rings (SSSR count). The van der Waals surface area contributed by atoms with Crippen molar-refractivity contribution in [3.8, 4) is 5.75 Å². The van der Waals surface area contributed by atoms with Crippen LogP contribution >= 0.6 is 19.4 Å². The third kappa shape index (κ3) is 8.13. The first kappa shape index (κ1) is 32.7. The molecule has 0 saturated carbocycles. The standard InChI is InChI=1S/C24H34N2.C10H12O.2ClH.Ru/c1-18-14-21(26(6,7)8)15-19(2)22(18)25-17-24(5,16-23(25,3)4)20-12-10-9-11-13-20;1-8(2)11-10-7-5-4-6-9(10)3;;;/h9-15,17H,16H2,1-8H3;3-8H,1-2H3;2*1H;/q+2;;;;+2/p-1. The maximum atomic E-state index is 5.83. The van der Waals surface area contributed by atoms with Crippen molar-refractivity contribution >= 4 is 35.4 Å². The molecule has 1 aliphatic heterocycles. The van der Waals surface area contributed by atoms with Crippen LogP contribution in [0.5, 0.6) is 5.75 Å². The number of aliphatic hydroxyl groups is 1. The number of hydrogen-bond acceptors (Lipinski definition) is 1. The minimum absolute atomic E-state index is 0.0579. The number of anilines is 1. The van der Waals surface area contributed by atoms with Crippen LogP contribution in [0.1, 0.15) is 63.3 Å². The van der Waals surface area contributed by atoms with E-state index >= 15 is 0 Å². The largest absolute Gasteiger partial charge is 0.298 e. The molecule has 40 heavy (non-hydrogen) atoms. The van der Waals surface area contributed by atoms with E-state index < -0.39 is 13.5 Å². The maximum absolute atomic E-state index is 5.83. The minimum Gasteiger partial charge on any atom is -0.298 e. The number of nitrogens with zero attached hydrogens (tertiary/aromatic N) is 2. The van der Waals surface area contributed by atoms with E-state index in [4.69, 9.17) is 19.4 Å². The molecule has 0 amide bonds. The Morgan fingerprint density at radius 2 is 1.48 bits per heavy atom. The predicted octanol–water partition coefficient (Wildman–Crippen LogP) is 9.02. The van der Waals surface area contributed by atoms with Crippen LogP contribution < -0.4 is 9.38 Å². The van der Waals surface area contributed by atoms with E-state index in [-0.39, 0.29) is 17.1 Å². The summed E-state index contributed by atoms with van der Waals surface area (Å²) in [5, 5.41) is 0. The van der Waals surface area contributed by atoms with Crippen LogP contribution in [0.25, 0.3) is 0 Å². The van der Waals surface area contributed by atoms with Gasteiger partial charge in [-0.2, -0.15) is 0 Å². The molecule has 1 heterocycles. The first-order valence-electron chi connectivity index (χ1n) is 13.8. The number of rotatable bonds is 6. The molecule has 3 aromatic rings. The van der Waals surface area contributed by atoms with E-state index in [1.54, 1.807) is 0 Å². The molecule has 1 unspecified atom stereocenters. The zero-order valence-electron chi connectivity index (χ0n) is 25.7. The molecule has 218 valence electrons. The summed E-state index contributed by atoms with van der Waals surface area (Å²) in [6, 6.07) is 23.5. The second kappa shape index (κ2) is 13.0. The van der Waals surface area contributed by atoms with Gasteiger partial charge in [-0.3, -0.25) is 4.48 Å². The van der Waals surface area contributed by atoms with E-state index in [0.717, 1.165) is 22.2 Å². The number of aryl methyl sites for hydroxylation is 2. The van der Waals surface area contributed by atoms with E-state index in [1.807, 2.05) is 42.7 Å². The van der Waals surface area contributed by atoms with E-state index in [0.29, 0.717) is 0 Å². The Hall–Kier alpha value is -1.84. The Morgan fingerprint density at radius 1 is 0.925 bits per heavy atom. The van der Waals surface area contributed by atoms with Crippen molar-refractivity contribution in [2.45, 2.75) is 71.9 Å². The van der Waals surface area contributed by atoms with Crippen molar-refractivity contribution in [2.75, 3.05) is 26.0 Å². The average Bonchev–Trinajstić information content (AvgIpc) is 3.09. The van der Waals surface area contributed by atoms with Crippen molar-refractivity contribution in [2.24, 2.45) is 0 Å².